The molecule has 2 saturated heterocycles. The van der Waals surface area contributed by atoms with Crippen LogP contribution in [0.2, 0.25) is 0 Å². The molecule has 6 nitrogen and oxygen atoms in total. The van der Waals surface area contributed by atoms with E-state index >= 15 is 0 Å². The maximum Gasteiger partial charge on any atom is 0.191 e. The molecule has 0 aromatic heterocycles. The largest absolute Gasteiger partial charge is 0.379 e. The lowest BCUT2D eigenvalue weighted by Crippen LogP contribution is -2.52. The second kappa shape index (κ2) is 12.4. The van der Waals surface area contributed by atoms with E-state index in [1.54, 1.807) is 0 Å². The van der Waals surface area contributed by atoms with Gasteiger partial charge in [-0.15, -0.1) is 24.0 Å². The van der Waals surface area contributed by atoms with Crippen molar-refractivity contribution in [3.05, 3.63) is 0 Å². The Kier molecular flexibility index (Phi) is 11.4. The molecule has 2 heterocycles. The molecular weight excluding hydrogens is 441 g/mol. The van der Waals surface area contributed by atoms with Crippen LogP contribution in [0.3, 0.4) is 0 Å². The third-order valence-corrected chi connectivity index (χ3v) is 5.47. The molecule has 0 spiro atoms. The third-order valence-electron chi connectivity index (χ3n) is 5.47. The van der Waals surface area contributed by atoms with Gasteiger partial charge in [-0.1, -0.05) is 6.42 Å². The Hall–Kier alpha value is -0.120. The first-order chi connectivity index (χ1) is 12.0. The van der Waals surface area contributed by atoms with Crippen molar-refractivity contribution in [3.63, 3.8) is 0 Å². The summed E-state index contributed by atoms with van der Waals surface area (Å²) < 4.78 is 5.47. The van der Waals surface area contributed by atoms with Gasteiger partial charge in [0.2, 0.25) is 0 Å². The zero-order valence-electron chi connectivity index (χ0n) is 17.2. The average Bonchev–Trinajstić information content (AvgIpc) is 2.62. The molecule has 0 aromatic carbocycles. The Morgan fingerprint density at radius 1 is 1.15 bits per heavy atom. The minimum Gasteiger partial charge on any atom is -0.379 e. The molecule has 26 heavy (non-hydrogen) atoms. The summed E-state index contributed by atoms with van der Waals surface area (Å²) in [5.41, 5.74) is 0.0630. The molecular formula is C19H40IN5O. The number of nitrogens with one attached hydrogen (secondary N) is 2. The van der Waals surface area contributed by atoms with Gasteiger partial charge in [0.05, 0.1) is 19.8 Å². The van der Waals surface area contributed by atoms with Crippen molar-refractivity contribution >= 4 is 29.9 Å². The molecule has 154 valence electrons. The van der Waals surface area contributed by atoms with E-state index in [2.05, 4.69) is 48.1 Å². The van der Waals surface area contributed by atoms with Gasteiger partial charge in [-0.3, -0.25) is 14.8 Å². The summed E-state index contributed by atoms with van der Waals surface area (Å²) in [7, 11) is 0. The minimum absolute atomic E-state index is 0. The number of hydrogen-bond acceptors (Lipinski definition) is 4. The summed E-state index contributed by atoms with van der Waals surface area (Å²) in [4.78, 5) is 9.94. The Morgan fingerprint density at radius 3 is 2.54 bits per heavy atom. The SMILES string of the molecule is CCNC(=NCC(C)(C)N1CCOCC1)NCCN1CCCCC1C.I. The van der Waals surface area contributed by atoms with Crippen LogP contribution in [-0.2, 0) is 4.74 Å². The predicted octanol–water partition coefficient (Wildman–Crippen LogP) is 2.14. The van der Waals surface area contributed by atoms with Gasteiger partial charge in [-0.05, 0) is 47.1 Å². The zero-order valence-corrected chi connectivity index (χ0v) is 19.6. The summed E-state index contributed by atoms with van der Waals surface area (Å²) in [6, 6.07) is 0.718. The Morgan fingerprint density at radius 2 is 1.88 bits per heavy atom. The Labute approximate surface area is 177 Å². The lowest BCUT2D eigenvalue weighted by molar-refractivity contribution is -0.00683. The van der Waals surface area contributed by atoms with Gasteiger partial charge < -0.3 is 15.4 Å². The van der Waals surface area contributed by atoms with Crippen LogP contribution in [-0.4, -0.2) is 86.4 Å². The van der Waals surface area contributed by atoms with Gasteiger partial charge in [0, 0.05) is 44.3 Å². The second-order valence-electron chi connectivity index (χ2n) is 7.91. The average molecular weight is 481 g/mol. The number of likely N-dealkylation sites (tertiary alicyclic amines) is 1. The zero-order chi connectivity index (χ0) is 18.1. The molecule has 0 aromatic rings. The first-order valence-electron chi connectivity index (χ1n) is 10.1. The summed E-state index contributed by atoms with van der Waals surface area (Å²) >= 11 is 0. The number of morpholine rings is 1. The van der Waals surface area contributed by atoms with Crippen LogP contribution in [0.1, 0.15) is 47.0 Å². The van der Waals surface area contributed by atoms with Crippen LogP contribution < -0.4 is 10.6 Å². The fourth-order valence-electron chi connectivity index (χ4n) is 3.69. The van der Waals surface area contributed by atoms with Crippen molar-refractivity contribution in [1.29, 1.82) is 0 Å². The van der Waals surface area contributed by atoms with Gasteiger partial charge >= 0.3 is 0 Å². The van der Waals surface area contributed by atoms with Crippen molar-refractivity contribution in [2.45, 2.75) is 58.5 Å². The number of piperidine rings is 1. The quantitative estimate of drug-likeness (QED) is 0.332. The van der Waals surface area contributed by atoms with E-state index in [9.17, 15) is 0 Å². The number of hydrogen-bond donors (Lipinski definition) is 2. The minimum atomic E-state index is 0. The van der Waals surface area contributed by atoms with Crippen molar-refractivity contribution < 1.29 is 4.74 Å². The fourth-order valence-corrected chi connectivity index (χ4v) is 3.69. The summed E-state index contributed by atoms with van der Waals surface area (Å²) in [5, 5.41) is 6.90. The third kappa shape index (κ3) is 7.86. The highest BCUT2D eigenvalue weighted by molar-refractivity contribution is 14.0. The highest BCUT2D eigenvalue weighted by atomic mass is 127. The molecule has 0 aliphatic carbocycles. The number of aliphatic imine (C=N–C) groups is 1. The summed E-state index contributed by atoms with van der Waals surface area (Å²) in [6.07, 6.45) is 4.06. The molecule has 2 aliphatic rings. The molecule has 0 amide bonds. The molecule has 0 radical (unpaired) electrons. The monoisotopic (exact) mass is 481 g/mol. The van der Waals surface area contributed by atoms with Gasteiger partial charge in [0.25, 0.3) is 0 Å². The van der Waals surface area contributed by atoms with Crippen molar-refractivity contribution in [3.8, 4) is 0 Å². The first-order valence-corrected chi connectivity index (χ1v) is 10.1. The van der Waals surface area contributed by atoms with E-state index in [-0.39, 0.29) is 29.5 Å². The predicted molar refractivity (Wildman–Crippen MR) is 121 cm³/mol. The standard InChI is InChI=1S/C19H39N5O.HI/c1-5-20-18(21-9-11-23-10-7-6-8-17(23)2)22-16-19(3,4)24-12-14-25-15-13-24;/h17H,5-16H2,1-4H3,(H2,20,21,22);1H. The Balaban J connectivity index is 0.00000338. The molecule has 2 aliphatic heterocycles. The molecule has 2 N–H and O–H groups in total. The molecule has 0 saturated carbocycles. The molecule has 1 unspecified atom stereocenters. The Bertz CT molecular complexity index is 413. The molecule has 2 fully saturated rings. The fraction of sp³-hybridized carbons (Fsp3) is 0.947. The van der Waals surface area contributed by atoms with Crippen LogP contribution in [0.25, 0.3) is 0 Å². The molecule has 0 bridgehead atoms. The number of ether oxygens (including phenoxy) is 1. The lowest BCUT2D eigenvalue weighted by atomic mass is 10.0. The maximum absolute atomic E-state index is 5.47. The molecule has 7 heteroatoms. The highest BCUT2D eigenvalue weighted by Crippen LogP contribution is 2.17. The highest BCUT2D eigenvalue weighted by Gasteiger charge is 2.28. The summed E-state index contributed by atoms with van der Waals surface area (Å²) in [6.45, 7) is 17.7. The van der Waals surface area contributed by atoms with Crippen LogP contribution in [0, 0.1) is 0 Å². The topological polar surface area (TPSA) is 52.1 Å². The number of halogens is 1. The van der Waals surface area contributed by atoms with Crippen LogP contribution in [0.5, 0.6) is 0 Å². The van der Waals surface area contributed by atoms with E-state index < -0.39 is 0 Å². The van der Waals surface area contributed by atoms with Gasteiger partial charge in [0.15, 0.2) is 5.96 Å². The number of nitrogens with zero attached hydrogens (tertiary/aromatic N) is 3. The van der Waals surface area contributed by atoms with E-state index in [4.69, 9.17) is 9.73 Å². The van der Waals surface area contributed by atoms with Gasteiger partial charge in [0.1, 0.15) is 0 Å². The first kappa shape index (κ1) is 23.9. The van der Waals surface area contributed by atoms with Crippen LogP contribution in [0.4, 0.5) is 0 Å². The smallest absolute Gasteiger partial charge is 0.191 e. The normalized spacial score (nSPS) is 23.4. The van der Waals surface area contributed by atoms with Crippen LogP contribution >= 0.6 is 24.0 Å². The van der Waals surface area contributed by atoms with Gasteiger partial charge in [-0.25, -0.2) is 0 Å². The van der Waals surface area contributed by atoms with E-state index in [1.165, 1.54) is 25.8 Å². The summed E-state index contributed by atoms with van der Waals surface area (Å²) in [5.74, 6) is 0.938. The van der Waals surface area contributed by atoms with Crippen molar-refractivity contribution in [2.75, 3.05) is 59.0 Å². The maximum atomic E-state index is 5.47. The van der Waals surface area contributed by atoms with Crippen LogP contribution in [0.15, 0.2) is 4.99 Å². The van der Waals surface area contributed by atoms with Crippen molar-refractivity contribution in [2.24, 2.45) is 4.99 Å². The van der Waals surface area contributed by atoms with Crippen molar-refractivity contribution in [1.82, 2.24) is 20.4 Å². The lowest BCUT2D eigenvalue weighted by Gasteiger charge is -2.40. The van der Waals surface area contributed by atoms with E-state index in [0.29, 0.717) is 0 Å². The van der Waals surface area contributed by atoms with Gasteiger partial charge in [-0.2, -0.15) is 0 Å². The number of rotatable bonds is 7. The van der Waals surface area contributed by atoms with E-state index in [1.807, 2.05) is 0 Å². The second-order valence-corrected chi connectivity index (χ2v) is 7.91. The molecule has 2 rings (SSSR count). The van der Waals surface area contributed by atoms with E-state index in [0.717, 1.165) is 64.5 Å². The number of guanidine groups is 1. The molecule has 1 atom stereocenters.